The van der Waals surface area contributed by atoms with Gasteiger partial charge in [0, 0.05) is 12.1 Å². The SMILES string of the molecule is COc1ccc2c(c1)NC(C)C(C)C(=O)N2. The predicted molar refractivity (Wildman–Crippen MR) is 63.9 cm³/mol. The Labute approximate surface area is 95.0 Å². The van der Waals surface area contributed by atoms with E-state index < -0.39 is 0 Å². The van der Waals surface area contributed by atoms with Gasteiger partial charge in [0.1, 0.15) is 5.75 Å². The number of benzene rings is 1. The first-order chi connectivity index (χ1) is 7.61. The molecular weight excluding hydrogens is 204 g/mol. The number of amides is 1. The van der Waals surface area contributed by atoms with Crippen molar-refractivity contribution in [3.05, 3.63) is 18.2 Å². The molecule has 0 saturated carbocycles. The van der Waals surface area contributed by atoms with E-state index in [1.54, 1.807) is 7.11 Å². The minimum absolute atomic E-state index is 0.0453. The lowest BCUT2D eigenvalue weighted by Gasteiger charge is -2.16. The molecule has 2 atom stereocenters. The minimum Gasteiger partial charge on any atom is -0.497 e. The molecule has 0 fully saturated rings. The highest BCUT2D eigenvalue weighted by atomic mass is 16.5. The van der Waals surface area contributed by atoms with Crippen molar-refractivity contribution in [1.82, 2.24) is 0 Å². The van der Waals surface area contributed by atoms with Crippen LogP contribution in [-0.4, -0.2) is 19.1 Å². The molecule has 0 aromatic heterocycles. The fraction of sp³-hybridized carbons (Fsp3) is 0.417. The molecule has 2 unspecified atom stereocenters. The van der Waals surface area contributed by atoms with Gasteiger partial charge in [0.2, 0.25) is 5.91 Å². The van der Waals surface area contributed by atoms with Gasteiger partial charge in [0.05, 0.1) is 24.4 Å². The van der Waals surface area contributed by atoms with Crippen LogP contribution in [0, 0.1) is 5.92 Å². The summed E-state index contributed by atoms with van der Waals surface area (Å²) in [7, 11) is 1.63. The van der Waals surface area contributed by atoms with Crippen molar-refractivity contribution in [2.45, 2.75) is 19.9 Å². The number of ether oxygens (including phenoxy) is 1. The maximum Gasteiger partial charge on any atom is 0.229 e. The number of rotatable bonds is 1. The molecule has 1 aliphatic heterocycles. The van der Waals surface area contributed by atoms with Crippen LogP contribution in [0.25, 0.3) is 0 Å². The maximum atomic E-state index is 11.8. The number of carbonyl (C=O) groups is 1. The topological polar surface area (TPSA) is 50.4 Å². The van der Waals surface area contributed by atoms with Gasteiger partial charge < -0.3 is 15.4 Å². The van der Waals surface area contributed by atoms with Crippen molar-refractivity contribution in [3.63, 3.8) is 0 Å². The van der Waals surface area contributed by atoms with E-state index in [0.29, 0.717) is 0 Å². The highest BCUT2D eigenvalue weighted by Gasteiger charge is 2.25. The molecule has 2 N–H and O–H groups in total. The number of carbonyl (C=O) groups excluding carboxylic acids is 1. The highest BCUT2D eigenvalue weighted by Crippen LogP contribution is 2.31. The van der Waals surface area contributed by atoms with E-state index in [1.807, 2.05) is 32.0 Å². The molecule has 0 spiro atoms. The number of anilines is 2. The van der Waals surface area contributed by atoms with E-state index >= 15 is 0 Å². The molecule has 1 aliphatic rings. The molecule has 2 rings (SSSR count). The molecule has 0 saturated heterocycles. The first-order valence-corrected chi connectivity index (χ1v) is 5.37. The summed E-state index contributed by atoms with van der Waals surface area (Å²) < 4.78 is 5.16. The Hall–Kier alpha value is -1.71. The number of hydrogen-bond acceptors (Lipinski definition) is 3. The molecule has 1 heterocycles. The summed E-state index contributed by atoms with van der Waals surface area (Å²) in [4.78, 5) is 11.8. The Bertz CT molecular complexity index is 417. The van der Waals surface area contributed by atoms with E-state index in [4.69, 9.17) is 4.74 Å². The summed E-state index contributed by atoms with van der Waals surface area (Å²) in [6.07, 6.45) is 0. The zero-order chi connectivity index (χ0) is 11.7. The first kappa shape index (κ1) is 10.8. The molecule has 1 aromatic carbocycles. The summed E-state index contributed by atoms with van der Waals surface area (Å²) in [5.41, 5.74) is 1.71. The fourth-order valence-corrected chi connectivity index (χ4v) is 1.72. The second kappa shape index (κ2) is 4.04. The summed E-state index contributed by atoms with van der Waals surface area (Å²) in [6, 6.07) is 5.68. The zero-order valence-corrected chi connectivity index (χ0v) is 9.70. The fourth-order valence-electron chi connectivity index (χ4n) is 1.72. The van der Waals surface area contributed by atoms with Gasteiger partial charge in [0.25, 0.3) is 0 Å². The Morgan fingerprint density at radius 2 is 2.00 bits per heavy atom. The Morgan fingerprint density at radius 3 is 2.69 bits per heavy atom. The highest BCUT2D eigenvalue weighted by molar-refractivity contribution is 5.97. The molecule has 1 aromatic rings. The zero-order valence-electron chi connectivity index (χ0n) is 9.70. The first-order valence-electron chi connectivity index (χ1n) is 5.37. The molecular formula is C12H16N2O2. The number of hydrogen-bond donors (Lipinski definition) is 2. The number of fused-ring (bicyclic) bond motifs is 1. The lowest BCUT2D eigenvalue weighted by Crippen LogP contribution is -2.30. The van der Waals surface area contributed by atoms with E-state index in [-0.39, 0.29) is 17.9 Å². The average Bonchev–Trinajstić information content (AvgIpc) is 2.38. The molecule has 4 nitrogen and oxygen atoms in total. The number of nitrogens with one attached hydrogen (secondary N) is 2. The molecule has 0 aliphatic carbocycles. The molecule has 4 heteroatoms. The summed E-state index contributed by atoms with van der Waals surface area (Å²) in [6.45, 7) is 3.91. The van der Waals surface area contributed by atoms with Gasteiger partial charge in [-0.05, 0) is 19.1 Å². The van der Waals surface area contributed by atoms with Gasteiger partial charge in [-0.2, -0.15) is 0 Å². The lowest BCUT2D eigenvalue weighted by atomic mass is 10.0. The van der Waals surface area contributed by atoms with Crippen molar-refractivity contribution in [3.8, 4) is 5.75 Å². The Balaban J connectivity index is 2.39. The third kappa shape index (κ3) is 1.83. The van der Waals surface area contributed by atoms with Crippen LogP contribution in [-0.2, 0) is 4.79 Å². The third-order valence-electron chi connectivity index (χ3n) is 3.03. The van der Waals surface area contributed by atoms with Gasteiger partial charge in [-0.3, -0.25) is 4.79 Å². The van der Waals surface area contributed by atoms with Gasteiger partial charge in [0.15, 0.2) is 0 Å². The van der Waals surface area contributed by atoms with E-state index in [0.717, 1.165) is 17.1 Å². The Morgan fingerprint density at radius 1 is 1.25 bits per heavy atom. The summed E-state index contributed by atoms with van der Waals surface area (Å²) in [5.74, 6) is 0.768. The molecule has 0 bridgehead atoms. The van der Waals surface area contributed by atoms with E-state index in [9.17, 15) is 4.79 Å². The van der Waals surface area contributed by atoms with Crippen LogP contribution in [0.5, 0.6) is 5.75 Å². The largest absolute Gasteiger partial charge is 0.497 e. The summed E-state index contributed by atoms with van der Waals surface area (Å²) >= 11 is 0. The van der Waals surface area contributed by atoms with Crippen molar-refractivity contribution < 1.29 is 9.53 Å². The molecule has 1 amide bonds. The normalized spacial score (nSPS) is 23.8. The number of methoxy groups -OCH3 is 1. The second-order valence-corrected chi connectivity index (χ2v) is 4.12. The molecule has 16 heavy (non-hydrogen) atoms. The van der Waals surface area contributed by atoms with E-state index in [1.165, 1.54) is 0 Å². The molecule has 0 radical (unpaired) electrons. The average molecular weight is 220 g/mol. The smallest absolute Gasteiger partial charge is 0.229 e. The third-order valence-corrected chi connectivity index (χ3v) is 3.03. The van der Waals surface area contributed by atoms with Crippen LogP contribution in [0.2, 0.25) is 0 Å². The van der Waals surface area contributed by atoms with Crippen molar-refractivity contribution in [2.75, 3.05) is 17.7 Å². The van der Waals surface area contributed by atoms with E-state index in [2.05, 4.69) is 10.6 Å². The van der Waals surface area contributed by atoms with Crippen LogP contribution >= 0.6 is 0 Å². The maximum absolute atomic E-state index is 11.8. The standard InChI is InChI=1S/C12H16N2O2/c1-7-8(2)13-11-6-9(16-3)4-5-10(11)14-12(7)15/h4-8,13H,1-3H3,(H,14,15). The minimum atomic E-state index is -0.0570. The van der Waals surface area contributed by atoms with Gasteiger partial charge in [-0.15, -0.1) is 0 Å². The predicted octanol–water partition coefficient (Wildman–Crippen LogP) is 2.08. The van der Waals surface area contributed by atoms with Crippen molar-refractivity contribution in [1.29, 1.82) is 0 Å². The van der Waals surface area contributed by atoms with Gasteiger partial charge in [-0.25, -0.2) is 0 Å². The van der Waals surface area contributed by atoms with Gasteiger partial charge in [-0.1, -0.05) is 6.92 Å². The molecule has 86 valence electrons. The Kier molecular flexibility index (Phi) is 2.73. The van der Waals surface area contributed by atoms with Crippen molar-refractivity contribution >= 4 is 17.3 Å². The lowest BCUT2D eigenvalue weighted by molar-refractivity contribution is -0.119. The quantitative estimate of drug-likeness (QED) is 0.762. The van der Waals surface area contributed by atoms with Crippen LogP contribution < -0.4 is 15.4 Å². The van der Waals surface area contributed by atoms with Crippen LogP contribution in [0.15, 0.2) is 18.2 Å². The second-order valence-electron chi connectivity index (χ2n) is 4.12. The van der Waals surface area contributed by atoms with Crippen molar-refractivity contribution in [2.24, 2.45) is 5.92 Å². The van der Waals surface area contributed by atoms with Gasteiger partial charge >= 0.3 is 0 Å². The van der Waals surface area contributed by atoms with Crippen LogP contribution in [0.3, 0.4) is 0 Å². The van der Waals surface area contributed by atoms with Crippen LogP contribution in [0.1, 0.15) is 13.8 Å². The van der Waals surface area contributed by atoms with Crippen LogP contribution in [0.4, 0.5) is 11.4 Å². The summed E-state index contributed by atoms with van der Waals surface area (Å²) in [5, 5.41) is 6.21. The monoisotopic (exact) mass is 220 g/mol.